The number of nitrogens with one attached hydrogen (secondary N) is 2. The molecule has 4 aromatic rings. The molecule has 7 rings (SSSR count). The van der Waals surface area contributed by atoms with E-state index in [0.29, 0.717) is 6.04 Å². The van der Waals surface area contributed by atoms with Gasteiger partial charge in [0.15, 0.2) is 0 Å². The van der Waals surface area contributed by atoms with Crippen LogP contribution >= 0.6 is 0 Å². The summed E-state index contributed by atoms with van der Waals surface area (Å²) in [6.07, 6.45) is 4.02. The van der Waals surface area contributed by atoms with Crippen molar-refractivity contribution < 1.29 is 14.3 Å². The number of aryl methyl sites for hydroxylation is 1. The van der Waals surface area contributed by atoms with Crippen molar-refractivity contribution in [3.63, 3.8) is 0 Å². The van der Waals surface area contributed by atoms with Crippen LogP contribution in [0, 0.1) is 6.92 Å². The number of hydrogen-bond donors (Lipinski definition) is 2. The molecule has 0 radical (unpaired) electrons. The molecule has 8 nitrogen and oxygen atoms in total. The topological polar surface area (TPSA) is 82.7 Å². The first-order valence-corrected chi connectivity index (χ1v) is 14.9. The lowest BCUT2D eigenvalue weighted by Crippen LogP contribution is -2.47. The maximum atomic E-state index is 13.4. The number of carbonyl (C=O) groups excluding carboxylic acids is 1. The third kappa shape index (κ3) is 5.48. The van der Waals surface area contributed by atoms with Crippen molar-refractivity contribution in [2.24, 2.45) is 0 Å². The molecule has 1 amide bonds. The minimum atomic E-state index is 0.0164. The number of anilines is 2. The van der Waals surface area contributed by atoms with Gasteiger partial charge >= 0.3 is 0 Å². The van der Waals surface area contributed by atoms with Crippen LogP contribution in [0.5, 0.6) is 5.75 Å². The standard InChI is InChI=1S/C33H37N5O3/c1-22-32-29(36-35-22)19-24(21-31(32)41-27-11-17-40-18-12-27)23-7-10-28(33(39)34-25-8-9-25)30(20-23)38-15-13-37(14-16-38)26-5-3-2-4-6-26/h2-7,10,19-21,25,27H,8-9,11-18H2,1H3,(H,34,39)(H,35,36). The Morgan fingerprint density at radius 1 is 0.927 bits per heavy atom. The molecule has 0 spiro atoms. The zero-order chi connectivity index (χ0) is 27.8. The molecule has 3 aromatic carbocycles. The van der Waals surface area contributed by atoms with Gasteiger partial charge in [0.25, 0.3) is 5.91 Å². The molecular formula is C33H37N5O3. The summed E-state index contributed by atoms with van der Waals surface area (Å²) in [6.45, 7) is 6.96. The number of piperazine rings is 1. The van der Waals surface area contributed by atoms with E-state index in [1.165, 1.54) is 5.69 Å². The summed E-state index contributed by atoms with van der Waals surface area (Å²) in [5, 5.41) is 11.9. The molecular weight excluding hydrogens is 514 g/mol. The number of H-pyrrole nitrogens is 1. The predicted octanol–water partition coefficient (Wildman–Crippen LogP) is 5.31. The molecule has 0 unspecified atom stereocenters. The van der Waals surface area contributed by atoms with Crippen molar-refractivity contribution in [2.75, 3.05) is 49.2 Å². The fourth-order valence-electron chi connectivity index (χ4n) is 6.01. The van der Waals surface area contributed by atoms with E-state index in [9.17, 15) is 4.79 Å². The smallest absolute Gasteiger partial charge is 0.253 e. The second-order valence-electron chi connectivity index (χ2n) is 11.4. The van der Waals surface area contributed by atoms with E-state index in [4.69, 9.17) is 9.47 Å². The lowest BCUT2D eigenvalue weighted by atomic mass is 9.98. The Labute approximate surface area is 240 Å². The van der Waals surface area contributed by atoms with Crippen molar-refractivity contribution in [2.45, 2.75) is 44.8 Å². The number of carbonyl (C=O) groups is 1. The van der Waals surface area contributed by atoms with Gasteiger partial charge in [-0.1, -0.05) is 24.3 Å². The molecule has 2 saturated heterocycles. The Bertz CT molecular complexity index is 1530. The quantitative estimate of drug-likeness (QED) is 0.324. The number of para-hydroxylation sites is 1. The number of nitrogens with zero attached hydrogens (tertiary/aromatic N) is 3. The Morgan fingerprint density at radius 3 is 2.44 bits per heavy atom. The van der Waals surface area contributed by atoms with Gasteiger partial charge in [0.05, 0.1) is 41.1 Å². The fraction of sp³-hybridized carbons (Fsp3) is 0.394. The number of ether oxygens (including phenoxy) is 2. The molecule has 212 valence electrons. The molecule has 0 atom stereocenters. The highest BCUT2D eigenvalue weighted by molar-refractivity contribution is 6.01. The van der Waals surface area contributed by atoms with Crippen LogP contribution in [0.25, 0.3) is 22.0 Å². The van der Waals surface area contributed by atoms with Gasteiger partial charge in [-0.15, -0.1) is 0 Å². The summed E-state index contributed by atoms with van der Waals surface area (Å²) in [5.74, 6) is 0.868. The van der Waals surface area contributed by atoms with Crippen molar-refractivity contribution in [1.29, 1.82) is 0 Å². The predicted molar refractivity (Wildman–Crippen MR) is 162 cm³/mol. The third-order valence-electron chi connectivity index (χ3n) is 8.50. The molecule has 8 heteroatoms. The molecule has 3 heterocycles. The number of hydrogen-bond acceptors (Lipinski definition) is 6. The van der Waals surface area contributed by atoms with E-state index in [2.05, 4.69) is 79.9 Å². The van der Waals surface area contributed by atoms with Gasteiger partial charge in [0.1, 0.15) is 11.9 Å². The molecule has 1 aliphatic carbocycles. The van der Waals surface area contributed by atoms with Crippen molar-refractivity contribution in [3.05, 3.63) is 71.9 Å². The second kappa shape index (κ2) is 11.1. The van der Waals surface area contributed by atoms with Gasteiger partial charge in [0.2, 0.25) is 0 Å². The van der Waals surface area contributed by atoms with Gasteiger partial charge in [-0.3, -0.25) is 9.89 Å². The summed E-state index contributed by atoms with van der Waals surface area (Å²) in [6, 6.07) is 21.4. The van der Waals surface area contributed by atoms with E-state index in [0.717, 1.165) is 110 Å². The maximum absolute atomic E-state index is 13.4. The molecule has 3 aliphatic rings. The van der Waals surface area contributed by atoms with Crippen molar-refractivity contribution in [3.8, 4) is 16.9 Å². The minimum absolute atomic E-state index is 0.0164. The summed E-state index contributed by atoms with van der Waals surface area (Å²) in [5.41, 5.74) is 6.95. The molecule has 1 aromatic heterocycles. The lowest BCUT2D eigenvalue weighted by molar-refractivity contribution is 0.0262. The van der Waals surface area contributed by atoms with Crippen LogP contribution in [0.4, 0.5) is 11.4 Å². The molecule has 1 saturated carbocycles. The van der Waals surface area contributed by atoms with E-state index >= 15 is 0 Å². The average Bonchev–Trinajstić information content (AvgIpc) is 3.76. The largest absolute Gasteiger partial charge is 0.489 e. The fourth-order valence-corrected chi connectivity index (χ4v) is 6.01. The van der Waals surface area contributed by atoms with Gasteiger partial charge < -0.3 is 24.6 Å². The zero-order valence-corrected chi connectivity index (χ0v) is 23.6. The lowest BCUT2D eigenvalue weighted by Gasteiger charge is -2.38. The van der Waals surface area contributed by atoms with E-state index in [-0.39, 0.29) is 12.0 Å². The normalized spacial score (nSPS) is 18.1. The first-order chi connectivity index (χ1) is 20.1. The molecule has 2 N–H and O–H groups in total. The van der Waals surface area contributed by atoms with E-state index < -0.39 is 0 Å². The van der Waals surface area contributed by atoms with Crippen molar-refractivity contribution >= 4 is 28.2 Å². The number of aromatic amines is 1. The minimum Gasteiger partial charge on any atom is -0.489 e. The van der Waals surface area contributed by atoms with E-state index in [1.807, 2.05) is 13.0 Å². The SMILES string of the molecule is Cc1n[nH]c2cc(-c3ccc(C(=O)NC4CC4)c(N4CCN(c5ccccc5)CC4)c3)cc(OC3CCOCC3)c12. The van der Waals surface area contributed by atoms with Crippen LogP contribution in [-0.4, -0.2) is 67.6 Å². The highest BCUT2D eigenvalue weighted by atomic mass is 16.5. The summed E-state index contributed by atoms with van der Waals surface area (Å²) in [4.78, 5) is 18.1. The van der Waals surface area contributed by atoms with Gasteiger partial charge in [-0.2, -0.15) is 5.10 Å². The van der Waals surface area contributed by atoms with Gasteiger partial charge in [-0.05, 0) is 67.3 Å². The van der Waals surface area contributed by atoms with Crippen LogP contribution < -0.4 is 19.9 Å². The first-order valence-electron chi connectivity index (χ1n) is 14.9. The Hall–Kier alpha value is -4.04. The summed E-state index contributed by atoms with van der Waals surface area (Å²) >= 11 is 0. The van der Waals surface area contributed by atoms with E-state index in [1.54, 1.807) is 0 Å². The van der Waals surface area contributed by atoms with Crippen molar-refractivity contribution in [1.82, 2.24) is 15.5 Å². The van der Waals surface area contributed by atoms with Gasteiger partial charge in [0, 0.05) is 50.7 Å². The molecule has 41 heavy (non-hydrogen) atoms. The monoisotopic (exact) mass is 551 g/mol. The maximum Gasteiger partial charge on any atom is 0.253 e. The molecule has 3 fully saturated rings. The summed E-state index contributed by atoms with van der Waals surface area (Å²) < 4.78 is 12.1. The highest BCUT2D eigenvalue weighted by Crippen LogP contribution is 2.37. The first kappa shape index (κ1) is 25.9. The zero-order valence-electron chi connectivity index (χ0n) is 23.6. The second-order valence-corrected chi connectivity index (χ2v) is 11.4. The van der Waals surface area contributed by atoms with Crippen LogP contribution in [0.3, 0.4) is 0 Å². The number of fused-ring (bicyclic) bond motifs is 1. The number of amides is 1. The number of benzene rings is 3. The van der Waals surface area contributed by atoms with Crippen LogP contribution in [0.2, 0.25) is 0 Å². The van der Waals surface area contributed by atoms with Crippen LogP contribution in [-0.2, 0) is 4.74 Å². The Morgan fingerprint density at radius 2 is 1.68 bits per heavy atom. The molecule has 2 aliphatic heterocycles. The van der Waals surface area contributed by atoms with Crippen LogP contribution in [0.1, 0.15) is 41.7 Å². The number of aromatic nitrogens is 2. The van der Waals surface area contributed by atoms with Crippen LogP contribution in [0.15, 0.2) is 60.7 Å². The average molecular weight is 552 g/mol. The number of rotatable bonds is 7. The molecule has 0 bridgehead atoms. The van der Waals surface area contributed by atoms with Gasteiger partial charge in [-0.25, -0.2) is 0 Å². The Kier molecular flexibility index (Phi) is 7.00. The third-order valence-corrected chi connectivity index (χ3v) is 8.50. The Balaban J connectivity index is 1.22. The highest BCUT2D eigenvalue weighted by Gasteiger charge is 2.28. The summed E-state index contributed by atoms with van der Waals surface area (Å²) in [7, 11) is 0.